The number of likely N-dealkylation sites (tertiary alicyclic amines) is 1. The van der Waals surface area contributed by atoms with Gasteiger partial charge in [-0.1, -0.05) is 0 Å². The number of aromatic nitrogens is 1. The zero-order valence-electron chi connectivity index (χ0n) is 9.82. The van der Waals surface area contributed by atoms with E-state index in [0.29, 0.717) is 10.2 Å². The highest BCUT2D eigenvalue weighted by Crippen LogP contribution is 2.14. The first-order valence-corrected chi connectivity index (χ1v) is 6.56. The maximum absolute atomic E-state index is 12.0. The van der Waals surface area contributed by atoms with Gasteiger partial charge in [0.05, 0.1) is 5.56 Å². The molecule has 0 aliphatic carbocycles. The first-order chi connectivity index (χ1) is 8.16. The average molecular weight is 298 g/mol. The van der Waals surface area contributed by atoms with E-state index in [1.165, 1.54) is 0 Å². The van der Waals surface area contributed by atoms with Crippen molar-refractivity contribution >= 4 is 21.8 Å². The Morgan fingerprint density at radius 1 is 1.65 bits per heavy atom. The quantitative estimate of drug-likeness (QED) is 0.845. The molecular formula is C12H16BrN3O. The van der Waals surface area contributed by atoms with Crippen LogP contribution in [0.5, 0.6) is 0 Å². The lowest BCUT2D eigenvalue weighted by molar-refractivity contribution is 0.0911. The van der Waals surface area contributed by atoms with Gasteiger partial charge in [0.15, 0.2) is 0 Å². The van der Waals surface area contributed by atoms with E-state index in [1.54, 1.807) is 18.3 Å². The van der Waals surface area contributed by atoms with E-state index in [-0.39, 0.29) is 11.9 Å². The summed E-state index contributed by atoms with van der Waals surface area (Å²) in [6, 6.07) is 3.79. The van der Waals surface area contributed by atoms with Crippen LogP contribution in [0.25, 0.3) is 0 Å². The lowest BCUT2D eigenvalue weighted by Gasteiger charge is -2.30. The van der Waals surface area contributed by atoms with E-state index < -0.39 is 0 Å². The fourth-order valence-corrected chi connectivity index (χ4v) is 2.53. The molecule has 0 saturated carbocycles. The summed E-state index contributed by atoms with van der Waals surface area (Å²) < 4.78 is 0.599. The maximum atomic E-state index is 12.0. The largest absolute Gasteiger partial charge is 0.348 e. The Morgan fingerprint density at radius 3 is 3.18 bits per heavy atom. The first-order valence-electron chi connectivity index (χ1n) is 5.77. The van der Waals surface area contributed by atoms with Gasteiger partial charge in [-0.25, -0.2) is 4.98 Å². The van der Waals surface area contributed by atoms with Crippen LogP contribution in [0.4, 0.5) is 0 Å². The van der Waals surface area contributed by atoms with E-state index in [2.05, 4.69) is 38.2 Å². The Bertz CT molecular complexity index is 410. The Hall–Kier alpha value is -0.940. The van der Waals surface area contributed by atoms with Crippen molar-refractivity contribution in [2.24, 2.45) is 0 Å². The molecule has 1 fully saturated rings. The molecule has 2 heterocycles. The lowest BCUT2D eigenvalue weighted by Crippen LogP contribution is -2.46. The fraction of sp³-hybridized carbons (Fsp3) is 0.500. The Morgan fingerprint density at radius 2 is 2.47 bits per heavy atom. The van der Waals surface area contributed by atoms with Gasteiger partial charge in [0, 0.05) is 18.8 Å². The molecule has 0 radical (unpaired) electrons. The van der Waals surface area contributed by atoms with Crippen LogP contribution in [0.3, 0.4) is 0 Å². The summed E-state index contributed by atoms with van der Waals surface area (Å²) in [6.45, 7) is 2.03. The molecule has 2 rings (SSSR count). The molecule has 0 bridgehead atoms. The van der Waals surface area contributed by atoms with E-state index in [9.17, 15) is 4.79 Å². The van der Waals surface area contributed by atoms with Gasteiger partial charge in [-0.05, 0) is 54.5 Å². The van der Waals surface area contributed by atoms with Gasteiger partial charge in [0.25, 0.3) is 5.91 Å². The molecule has 0 spiro atoms. The summed E-state index contributed by atoms with van der Waals surface area (Å²) in [7, 11) is 2.08. The summed E-state index contributed by atoms with van der Waals surface area (Å²) in [6.07, 6.45) is 3.85. The second kappa shape index (κ2) is 5.60. The number of nitrogens with one attached hydrogen (secondary N) is 1. The molecule has 4 nitrogen and oxygen atoms in total. The first kappa shape index (κ1) is 12.5. The third-order valence-electron chi connectivity index (χ3n) is 2.96. The van der Waals surface area contributed by atoms with Crippen LogP contribution in [0.1, 0.15) is 23.2 Å². The maximum Gasteiger partial charge on any atom is 0.254 e. The van der Waals surface area contributed by atoms with Crippen molar-refractivity contribution in [1.29, 1.82) is 0 Å². The van der Waals surface area contributed by atoms with Crippen molar-refractivity contribution in [2.45, 2.75) is 18.9 Å². The van der Waals surface area contributed by atoms with Gasteiger partial charge in [-0.15, -0.1) is 0 Å². The number of likely N-dealkylation sites (N-methyl/N-ethyl adjacent to an activating group) is 1. The Labute approximate surface area is 110 Å². The Balaban J connectivity index is 1.99. The number of hydrogen-bond acceptors (Lipinski definition) is 3. The standard InChI is InChI=1S/C12H16BrN3O/c1-16-7-3-4-9(8-16)15-12(17)10-5-2-6-14-11(10)13/h2,5-6,9H,3-4,7-8H2,1H3,(H,15,17). The molecule has 92 valence electrons. The summed E-state index contributed by atoms with van der Waals surface area (Å²) in [5.74, 6) is -0.0507. The van der Waals surface area contributed by atoms with Crippen molar-refractivity contribution in [2.75, 3.05) is 20.1 Å². The molecule has 1 aliphatic rings. The highest BCUT2D eigenvalue weighted by atomic mass is 79.9. The minimum absolute atomic E-state index is 0.0507. The van der Waals surface area contributed by atoms with Crippen molar-refractivity contribution in [1.82, 2.24) is 15.2 Å². The van der Waals surface area contributed by atoms with Crippen molar-refractivity contribution in [3.05, 3.63) is 28.5 Å². The third-order valence-corrected chi connectivity index (χ3v) is 3.60. The average Bonchev–Trinajstić information content (AvgIpc) is 2.29. The molecular weight excluding hydrogens is 282 g/mol. The van der Waals surface area contributed by atoms with E-state index in [0.717, 1.165) is 25.9 Å². The lowest BCUT2D eigenvalue weighted by atomic mass is 10.1. The van der Waals surface area contributed by atoms with Gasteiger partial charge < -0.3 is 10.2 Å². The number of pyridine rings is 1. The molecule has 1 saturated heterocycles. The molecule has 1 N–H and O–H groups in total. The van der Waals surface area contributed by atoms with E-state index in [1.807, 2.05) is 0 Å². The van der Waals surface area contributed by atoms with Gasteiger partial charge in [0.2, 0.25) is 0 Å². The van der Waals surface area contributed by atoms with Crippen LogP contribution >= 0.6 is 15.9 Å². The number of rotatable bonds is 2. The highest BCUT2D eigenvalue weighted by molar-refractivity contribution is 9.10. The molecule has 5 heteroatoms. The van der Waals surface area contributed by atoms with Crippen LogP contribution in [-0.4, -0.2) is 42.0 Å². The monoisotopic (exact) mass is 297 g/mol. The highest BCUT2D eigenvalue weighted by Gasteiger charge is 2.20. The SMILES string of the molecule is CN1CCCC(NC(=O)c2cccnc2Br)C1. The van der Waals surface area contributed by atoms with Gasteiger partial charge in [0.1, 0.15) is 4.60 Å². The van der Waals surface area contributed by atoms with Crippen molar-refractivity contribution in [3.63, 3.8) is 0 Å². The van der Waals surface area contributed by atoms with Crippen LogP contribution in [-0.2, 0) is 0 Å². The zero-order valence-corrected chi connectivity index (χ0v) is 11.4. The van der Waals surface area contributed by atoms with E-state index in [4.69, 9.17) is 0 Å². The second-order valence-corrected chi connectivity index (χ2v) is 5.17. The zero-order chi connectivity index (χ0) is 12.3. The summed E-state index contributed by atoms with van der Waals surface area (Å²) >= 11 is 3.29. The van der Waals surface area contributed by atoms with Crippen LogP contribution < -0.4 is 5.32 Å². The van der Waals surface area contributed by atoms with Crippen LogP contribution in [0, 0.1) is 0 Å². The summed E-state index contributed by atoms with van der Waals surface area (Å²) in [4.78, 5) is 18.3. The molecule has 1 atom stereocenters. The molecule has 0 aromatic carbocycles. The molecule has 1 aliphatic heterocycles. The van der Waals surface area contributed by atoms with Gasteiger partial charge in [-0.3, -0.25) is 4.79 Å². The second-order valence-electron chi connectivity index (χ2n) is 4.42. The minimum atomic E-state index is -0.0507. The number of nitrogens with zero attached hydrogens (tertiary/aromatic N) is 2. The van der Waals surface area contributed by atoms with Gasteiger partial charge >= 0.3 is 0 Å². The topological polar surface area (TPSA) is 45.2 Å². The molecule has 1 unspecified atom stereocenters. The number of carbonyl (C=O) groups is 1. The number of hydrogen-bond donors (Lipinski definition) is 1. The Kier molecular flexibility index (Phi) is 4.12. The van der Waals surface area contributed by atoms with Crippen molar-refractivity contribution < 1.29 is 4.79 Å². The molecule has 1 aromatic heterocycles. The number of carbonyl (C=O) groups excluding carboxylic acids is 1. The van der Waals surface area contributed by atoms with Crippen molar-refractivity contribution in [3.8, 4) is 0 Å². The number of halogens is 1. The summed E-state index contributed by atoms with van der Waals surface area (Å²) in [5.41, 5.74) is 0.598. The third kappa shape index (κ3) is 3.26. The summed E-state index contributed by atoms with van der Waals surface area (Å²) in [5, 5.41) is 3.06. The number of amides is 1. The predicted molar refractivity (Wildman–Crippen MR) is 69.9 cm³/mol. The predicted octanol–water partition coefficient (Wildman–Crippen LogP) is 1.67. The number of piperidine rings is 1. The smallest absolute Gasteiger partial charge is 0.254 e. The van der Waals surface area contributed by atoms with Gasteiger partial charge in [-0.2, -0.15) is 0 Å². The van der Waals surface area contributed by atoms with Crippen LogP contribution in [0.2, 0.25) is 0 Å². The molecule has 1 aromatic rings. The molecule has 1 amide bonds. The fourth-order valence-electron chi connectivity index (χ4n) is 2.10. The molecule has 17 heavy (non-hydrogen) atoms. The normalized spacial score (nSPS) is 21.2. The van der Waals surface area contributed by atoms with Crippen LogP contribution in [0.15, 0.2) is 22.9 Å². The van der Waals surface area contributed by atoms with E-state index >= 15 is 0 Å². The minimum Gasteiger partial charge on any atom is -0.348 e.